The van der Waals surface area contributed by atoms with Crippen LogP contribution in [0, 0.1) is 13.3 Å². The molecule has 0 bridgehead atoms. The first-order valence-corrected chi connectivity index (χ1v) is 3.10. The van der Waals surface area contributed by atoms with Crippen molar-refractivity contribution in [1.29, 1.82) is 0 Å². The fourth-order valence-corrected chi connectivity index (χ4v) is 0.580. The Kier molecular flexibility index (Phi) is 12.1. The molecule has 0 amide bonds. The molecule has 0 spiro atoms. The predicted octanol–water partition coefficient (Wildman–Crippen LogP) is 1.84. The van der Waals surface area contributed by atoms with Gasteiger partial charge in [-0.15, -0.1) is 0 Å². The molecule has 1 nitrogen and oxygen atoms in total. The van der Waals surface area contributed by atoms with E-state index in [2.05, 4.69) is 13.3 Å². The van der Waals surface area contributed by atoms with Crippen LogP contribution in [-0.2, 0) is 4.74 Å². The van der Waals surface area contributed by atoms with Crippen LogP contribution in [0.4, 0.5) is 0 Å². The number of hydrogen-bond donors (Lipinski definition) is 0. The Morgan fingerprint density at radius 1 is 1.22 bits per heavy atom. The SMILES string of the molecule is [CH-]1CCOCC1.[CH2-]C.[Cm]. The summed E-state index contributed by atoms with van der Waals surface area (Å²) >= 11 is 0. The van der Waals surface area contributed by atoms with Crippen LogP contribution in [0.5, 0.6) is 0 Å². The van der Waals surface area contributed by atoms with E-state index in [0.717, 1.165) is 26.1 Å². The second-order valence-corrected chi connectivity index (χ2v) is 1.48. The maximum atomic E-state index is 5.04. The molecule has 1 aliphatic rings. The first-order valence-electron chi connectivity index (χ1n) is 3.10. The molecule has 2 heteroatoms. The molecule has 0 aromatic rings. The third-order valence-electron chi connectivity index (χ3n) is 0.933. The van der Waals surface area contributed by atoms with Crippen molar-refractivity contribution in [2.24, 2.45) is 0 Å². The number of hydrogen-bond acceptors (Lipinski definition) is 1. The average molecular weight is 361 g/mol. The summed E-state index contributed by atoms with van der Waals surface area (Å²) in [4.78, 5) is 0. The van der Waals surface area contributed by atoms with E-state index in [1.54, 1.807) is 6.92 Å². The zero-order chi connectivity index (χ0) is 6.24. The molecular formula is C7H14CmO-2. The fourth-order valence-electron chi connectivity index (χ4n) is 0.580. The van der Waals surface area contributed by atoms with Crippen LogP contribution in [0.15, 0.2) is 0 Å². The Balaban J connectivity index is 0. The summed E-state index contributed by atoms with van der Waals surface area (Å²) < 4.78 is 5.04. The van der Waals surface area contributed by atoms with E-state index >= 15 is 0 Å². The van der Waals surface area contributed by atoms with Crippen molar-refractivity contribution in [1.82, 2.24) is 0 Å². The molecule has 0 aromatic carbocycles. The minimum Gasteiger partial charge on any atom is -0.387 e. The van der Waals surface area contributed by atoms with Crippen LogP contribution < -0.4 is 0 Å². The zero-order valence-corrected chi connectivity index (χ0v) is 8.82. The minimum absolute atomic E-state index is 0. The molecular weight excluding hydrogens is 347 g/mol. The van der Waals surface area contributed by atoms with Gasteiger partial charge < -0.3 is 18.1 Å². The molecule has 1 aliphatic heterocycles. The molecule has 0 atom stereocenters. The summed E-state index contributed by atoms with van der Waals surface area (Å²) in [5.74, 6) is 0. The fraction of sp³-hybridized carbons (Fsp3) is 0.714. The average Bonchev–Trinajstić information content (AvgIpc) is 1.96. The van der Waals surface area contributed by atoms with Crippen molar-refractivity contribution in [2.45, 2.75) is 19.8 Å². The molecule has 9 heavy (non-hydrogen) atoms. The summed E-state index contributed by atoms with van der Waals surface area (Å²) in [6.07, 6.45) is 4.57. The summed E-state index contributed by atoms with van der Waals surface area (Å²) in [7, 11) is 0. The molecule has 0 radical (unpaired) electrons. The topological polar surface area (TPSA) is 9.23 Å². The van der Waals surface area contributed by atoms with Crippen LogP contribution in [-0.4, -0.2) is 13.2 Å². The van der Waals surface area contributed by atoms with Crippen molar-refractivity contribution in [2.75, 3.05) is 13.2 Å². The monoisotopic (exact) mass is 357 g/mol. The number of rotatable bonds is 0. The summed E-state index contributed by atoms with van der Waals surface area (Å²) in [5, 5.41) is 0. The standard InChI is InChI=1S/C5H9O.C2H5.Cm/c1-2-4-6-5-3-1;1-2;/h1H,2-5H2;1H2,2H3;/q2*-1;. The van der Waals surface area contributed by atoms with Crippen LogP contribution in [0.25, 0.3) is 0 Å². The van der Waals surface area contributed by atoms with Crippen LogP contribution in [0.2, 0.25) is 0 Å². The van der Waals surface area contributed by atoms with Crippen molar-refractivity contribution in [3.63, 3.8) is 0 Å². The third kappa shape index (κ3) is 6.96. The van der Waals surface area contributed by atoms with E-state index in [4.69, 9.17) is 4.74 Å². The van der Waals surface area contributed by atoms with E-state index < -0.39 is 0 Å². The molecule has 1 fully saturated rings. The predicted molar refractivity (Wildman–Crippen MR) is 35.4 cm³/mol. The number of ether oxygens (including phenoxy) is 1. The van der Waals surface area contributed by atoms with Gasteiger partial charge in [0.1, 0.15) is 0 Å². The van der Waals surface area contributed by atoms with Gasteiger partial charge in [-0.05, 0) is 0 Å². The van der Waals surface area contributed by atoms with E-state index in [1.807, 2.05) is 0 Å². The van der Waals surface area contributed by atoms with E-state index in [1.165, 1.54) is 0 Å². The molecule has 0 saturated carbocycles. The minimum atomic E-state index is 0. The quantitative estimate of drug-likeness (QED) is 0.599. The van der Waals surface area contributed by atoms with Crippen LogP contribution >= 0.6 is 0 Å². The largest absolute Gasteiger partial charge is 0.387 e. The van der Waals surface area contributed by atoms with Gasteiger partial charge in [-0.3, -0.25) is 0 Å². The van der Waals surface area contributed by atoms with Gasteiger partial charge in [0.05, 0.1) is 0 Å². The van der Waals surface area contributed by atoms with Gasteiger partial charge in [-0.25, -0.2) is 0 Å². The van der Waals surface area contributed by atoms with Crippen molar-refractivity contribution in [3.05, 3.63) is 13.3 Å². The second-order valence-electron chi connectivity index (χ2n) is 1.48. The van der Waals surface area contributed by atoms with E-state index in [0.29, 0.717) is 0 Å². The smallest absolute Gasteiger partial charge is 0.0195 e. The van der Waals surface area contributed by atoms with Crippen molar-refractivity contribution < 1.29 is 4.74 Å². The van der Waals surface area contributed by atoms with Gasteiger partial charge >= 0.3 is 0 Å². The van der Waals surface area contributed by atoms with Crippen LogP contribution in [0.3, 0.4) is 0 Å². The molecule has 0 N–H and O–H groups in total. The van der Waals surface area contributed by atoms with Crippen molar-refractivity contribution in [3.8, 4) is 0 Å². The van der Waals surface area contributed by atoms with E-state index in [-0.39, 0.29) is 0 Å². The Morgan fingerprint density at radius 3 is 1.78 bits per heavy atom. The summed E-state index contributed by atoms with van der Waals surface area (Å²) in [6, 6.07) is 0. The normalized spacial score (nSPS) is 16.7. The maximum Gasteiger partial charge on any atom is 0.0195 e. The third-order valence-corrected chi connectivity index (χ3v) is 0.933. The molecule has 1 heterocycles. The first kappa shape index (κ1) is 10.9. The van der Waals surface area contributed by atoms with Gasteiger partial charge in [-0.1, -0.05) is 0 Å². The maximum absolute atomic E-state index is 5.04. The van der Waals surface area contributed by atoms with Gasteiger partial charge in [0, 0.05) is 13.2 Å². The zero-order valence-electron chi connectivity index (χ0n) is 5.87. The molecule has 0 aromatic heterocycles. The molecule has 1 saturated heterocycles. The Labute approximate surface area is 52.0 Å². The van der Waals surface area contributed by atoms with Crippen molar-refractivity contribution >= 4 is 0 Å². The van der Waals surface area contributed by atoms with Gasteiger partial charge in [0.25, 0.3) is 0 Å². The Bertz CT molecular complexity index is 24.4. The molecule has 58 valence electrons. The molecule has 1 rings (SSSR count). The summed E-state index contributed by atoms with van der Waals surface area (Å²) in [6.45, 7) is 6.89. The molecule has 0 unspecified atom stereocenters. The van der Waals surface area contributed by atoms with Gasteiger partial charge in [0.2, 0.25) is 0 Å². The summed E-state index contributed by atoms with van der Waals surface area (Å²) in [5.41, 5.74) is 0. The van der Waals surface area contributed by atoms with Gasteiger partial charge in [0.15, 0.2) is 0 Å². The van der Waals surface area contributed by atoms with E-state index in [9.17, 15) is 0 Å². The molecule has 0 aliphatic carbocycles. The second kappa shape index (κ2) is 10.0. The van der Waals surface area contributed by atoms with Gasteiger partial charge in [-0.2, -0.15) is 19.8 Å². The Morgan fingerprint density at radius 2 is 1.67 bits per heavy atom. The van der Waals surface area contributed by atoms with Crippen LogP contribution in [0.1, 0.15) is 19.8 Å². The first-order chi connectivity index (χ1) is 4.00. The Hall–Kier alpha value is -1.04.